The number of aliphatic hydroxyl groups is 2. The molecule has 0 radical (unpaired) electrons. The van der Waals surface area contributed by atoms with E-state index in [1.165, 1.54) is 13.1 Å². The van der Waals surface area contributed by atoms with Gasteiger partial charge >= 0.3 is 0 Å². The van der Waals surface area contributed by atoms with Crippen LogP contribution in [0.3, 0.4) is 0 Å². The zero-order chi connectivity index (χ0) is 12.1. The maximum absolute atomic E-state index is 10.6. The van der Waals surface area contributed by atoms with Crippen molar-refractivity contribution >= 4 is 21.8 Å². The number of aromatic nitrogens is 1. The van der Waals surface area contributed by atoms with Crippen molar-refractivity contribution in [1.82, 2.24) is 10.3 Å². The first-order valence-electron chi connectivity index (χ1n) is 4.72. The molecule has 5 nitrogen and oxygen atoms in total. The van der Waals surface area contributed by atoms with Crippen molar-refractivity contribution in [3.8, 4) is 0 Å². The van der Waals surface area contributed by atoms with Crippen molar-refractivity contribution in [3.63, 3.8) is 0 Å². The number of carbonyl (C=O) groups is 1. The molecule has 0 aliphatic heterocycles. The second-order valence-electron chi connectivity index (χ2n) is 3.35. The van der Waals surface area contributed by atoms with E-state index in [1.807, 2.05) is 0 Å². The summed E-state index contributed by atoms with van der Waals surface area (Å²) in [6, 6.07) is 3.32. The fourth-order valence-electron chi connectivity index (χ4n) is 1.12. The molecule has 2 atom stereocenters. The van der Waals surface area contributed by atoms with Gasteiger partial charge in [-0.15, -0.1) is 0 Å². The number of rotatable bonds is 4. The summed E-state index contributed by atoms with van der Waals surface area (Å²) in [6.45, 7) is 1.34. The Bertz CT molecular complexity index is 356. The normalized spacial score (nSPS) is 14.2. The van der Waals surface area contributed by atoms with Crippen molar-refractivity contribution in [2.24, 2.45) is 0 Å². The van der Waals surface area contributed by atoms with Crippen LogP contribution in [0.25, 0.3) is 0 Å². The molecule has 0 saturated heterocycles. The molecule has 16 heavy (non-hydrogen) atoms. The van der Waals surface area contributed by atoms with Gasteiger partial charge in [-0.2, -0.15) is 0 Å². The molecule has 0 bridgehead atoms. The average molecular weight is 289 g/mol. The van der Waals surface area contributed by atoms with Gasteiger partial charge in [0.1, 0.15) is 12.2 Å². The van der Waals surface area contributed by atoms with E-state index in [0.717, 1.165) is 4.47 Å². The minimum atomic E-state index is -1.11. The van der Waals surface area contributed by atoms with Crippen LogP contribution in [0.5, 0.6) is 0 Å². The first-order valence-corrected chi connectivity index (χ1v) is 5.52. The van der Waals surface area contributed by atoms with Crippen LogP contribution in [-0.4, -0.2) is 33.8 Å². The molecule has 6 heteroatoms. The molecule has 1 amide bonds. The molecule has 0 spiro atoms. The lowest BCUT2D eigenvalue weighted by atomic mass is 10.1. The number of hydrogen-bond acceptors (Lipinski definition) is 4. The zero-order valence-corrected chi connectivity index (χ0v) is 10.3. The van der Waals surface area contributed by atoms with Gasteiger partial charge in [-0.05, 0) is 28.1 Å². The highest BCUT2D eigenvalue weighted by atomic mass is 79.9. The Morgan fingerprint density at radius 3 is 2.75 bits per heavy atom. The lowest BCUT2D eigenvalue weighted by Gasteiger charge is -2.17. The lowest BCUT2D eigenvalue weighted by molar-refractivity contribution is -0.119. The summed E-state index contributed by atoms with van der Waals surface area (Å²) >= 11 is 3.22. The number of pyridine rings is 1. The predicted molar refractivity (Wildman–Crippen MR) is 61.6 cm³/mol. The van der Waals surface area contributed by atoms with Gasteiger partial charge in [0.15, 0.2) is 0 Å². The van der Waals surface area contributed by atoms with Crippen LogP contribution in [0.4, 0.5) is 0 Å². The van der Waals surface area contributed by atoms with Crippen molar-refractivity contribution in [3.05, 3.63) is 28.5 Å². The standard InChI is InChI=1S/C10H13BrN2O3/c1-6(14)12-5-9(15)10(16)8-3-2-7(11)4-13-8/h2-4,9-10,15-16H,5H2,1H3,(H,12,14). The fraction of sp³-hybridized carbons (Fsp3) is 0.400. The topological polar surface area (TPSA) is 82.5 Å². The molecule has 0 aromatic carbocycles. The molecule has 88 valence electrons. The number of nitrogens with zero attached hydrogens (tertiary/aromatic N) is 1. The highest BCUT2D eigenvalue weighted by Crippen LogP contribution is 2.16. The number of hydrogen-bond donors (Lipinski definition) is 3. The first kappa shape index (κ1) is 13.1. The van der Waals surface area contributed by atoms with Crippen LogP contribution in [0.2, 0.25) is 0 Å². The van der Waals surface area contributed by atoms with Crippen LogP contribution in [0, 0.1) is 0 Å². The van der Waals surface area contributed by atoms with Crippen LogP contribution < -0.4 is 5.32 Å². The van der Waals surface area contributed by atoms with E-state index in [0.29, 0.717) is 5.69 Å². The van der Waals surface area contributed by atoms with E-state index in [9.17, 15) is 15.0 Å². The van der Waals surface area contributed by atoms with Crippen molar-refractivity contribution < 1.29 is 15.0 Å². The van der Waals surface area contributed by atoms with Crippen LogP contribution in [0.1, 0.15) is 18.7 Å². The smallest absolute Gasteiger partial charge is 0.216 e. The third-order valence-corrected chi connectivity index (χ3v) is 2.45. The van der Waals surface area contributed by atoms with Crippen molar-refractivity contribution in [1.29, 1.82) is 0 Å². The Kier molecular flexibility index (Phi) is 4.85. The molecule has 1 aromatic rings. The van der Waals surface area contributed by atoms with E-state index >= 15 is 0 Å². The molecule has 2 unspecified atom stereocenters. The van der Waals surface area contributed by atoms with Gasteiger partial charge in [-0.3, -0.25) is 9.78 Å². The summed E-state index contributed by atoms with van der Waals surface area (Å²) in [5.41, 5.74) is 0.362. The third-order valence-electron chi connectivity index (χ3n) is 1.98. The Morgan fingerprint density at radius 2 is 2.25 bits per heavy atom. The second-order valence-corrected chi connectivity index (χ2v) is 4.27. The number of amides is 1. The van der Waals surface area contributed by atoms with Crippen molar-refractivity contribution in [2.45, 2.75) is 19.1 Å². The van der Waals surface area contributed by atoms with E-state index in [2.05, 4.69) is 26.2 Å². The summed E-state index contributed by atoms with van der Waals surface area (Å²) in [6.07, 6.45) is -0.651. The maximum Gasteiger partial charge on any atom is 0.216 e. The van der Waals surface area contributed by atoms with Gasteiger partial charge in [0.05, 0.1) is 5.69 Å². The zero-order valence-electron chi connectivity index (χ0n) is 8.72. The molecule has 1 rings (SSSR count). The first-order chi connectivity index (χ1) is 7.50. The maximum atomic E-state index is 10.6. The molecular formula is C10H13BrN2O3. The third kappa shape index (κ3) is 3.88. The van der Waals surface area contributed by atoms with Crippen LogP contribution >= 0.6 is 15.9 Å². The molecule has 0 saturated carbocycles. The monoisotopic (exact) mass is 288 g/mol. The lowest BCUT2D eigenvalue weighted by Crippen LogP contribution is -2.34. The van der Waals surface area contributed by atoms with Gasteiger partial charge in [-0.25, -0.2) is 0 Å². The molecule has 0 fully saturated rings. The summed E-state index contributed by atoms with van der Waals surface area (Å²) in [5, 5.41) is 21.7. The SMILES string of the molecule is CC(=O)NCC(O)C(O)c1ccc(Br)cn1. The summed E-state index contributed by atoms with van der Waals surface area (Å²) in [7, 11) is 0. The van der Waals surface area contributed by atoms with Gasteiger partial charge in [0.25, 0.3) is 0 Å². The van der Waals surface area contributed by atoms with Gasteiger partial charge in [0, 0.05) is 24.1 Å². The summed E-state index contributed by atoms with van der Waals surface area (Å²) in [4.78, 5) is 14.6. The molecule has 1 aromatic heterocycles. The van der Waals surface area contributed by atoms with E-state index in [-0.39, 0.29) is 12.5 Å². The number of aliphatic hydroxyl groups excluding tert-OH is 2. The average Bonchev–Trinajstić information content (AvgIpc) is 2.26. The molecule has 3 N–H and O–H groups in total. The van der Waals surface area contributed by atoms with Gasteiger partial charge < -0.3 is 15.5 Å². The molecule has 0 aliphatic rings. The molecular weight excluding hydrogens is 276 g/mol. The highest BCUT2D eigenvalue weighted by Gasteiger charge is 2.19. The number of carbonyl (C=O) groups excluding carboxylic acids is 1. The van der Waals surface area contributed by atoms with E-state index in [1.54, 1.807) is 12.1 Å². The predicted octanol–water partition coefficient (Wildman–Crippen LogP) is 0.374. The van der Waals surface area contributed by atoms with Crippen LogP contribution in [-0.2, 0) is 4.79 Å². The minimum absolute atomic E-state index is 0.00571. The second kappa shape index (κ2) is 5.93. The quantitative estimate of drug-likeness (QED) is 0.748. The summed E-state index contributed by atoms with van der Waals surface area (Å²) in [5.74, 6) is -0.255. The van der Waals surface area contributed by atoms with Crippen LogP contribution in [0.15, 0.2) is 22.8 Å². The van der Waals surface area contributed by atoms with Crippen molar-refractivity contribution in [2.75, 3.05) is 6.54 Å². The molecule has 1 heterocycles. The minimum Gasteiger partial charge on any atom is -0.388 e. The highest BCUT2D eigenvalue weighted by molar-refractivity contribution is 9.10. The Balaban J connectivity index is 2.59. The number of halogens is 1. The Labute approximate surface area is 102 Å². The van der Waals surface area contributed by atoms with Gasteiger partial charge in [-0.1, -0.05) is 0 Å². The van der Waals surface area contributed by atoms with Gasteiger partial charge in [0.2, 0.25) is 5.91 Å². The van der Waals surface area contributed by atoms with E-state index in [4.69, 9.17) is 0 Å². The molecule has 0 aliphatic carbocycles. The number of nitrogens with one attached hydrogen (secondary N) is 1. The largest absolute Gasteiger partial charge is 0.388 e. The summed E-state index contributed by atoms with van der Waals surface area (Å²) < 4.78 is 0.791. The van der Waals surface area contributed by atoms with E-state index < -0.39 is 12.2 Å². The Morgan fingerprint density at radius 1 is 1.56 bits per heavy atom. The Hall–Kier alpha value is -0.980. The fourth-order valence-corrected chi connectivity index (χ4v) is 1.35.